The van der Waals surface area contributed by atoms with E-state index in [0.717, 1.165) is 0 Å². The quantitative estimate of drug-likeness (QED) is 0.599. The lowest BCUT2D eigenvalue weighted by atomic mass is 10.4. The standard InChI is InChI=1S/C15H39N3Si2/c1-11-16(12-2)19(7,8)18(15(5)6)20(9,10)17(13-3)14-4/h15H,11-14H2,1-10H3. The van der Waals surface area contributed by atoms with Gasteiger partial charge in [0.25, 0.3) is 0 Å². The summed E-state index contributed by atoms with van der Waals surface area (Å²) in [5.74, 6) is 0. The monoisotopic (exact) mass is 317 g/mol. The first kappa shape index (κ1) is 20.3. The highest BCUT2D eigenvalue weighted by Gasteiger charge is 2.47. The molecular weight excluding hydrogens is 278 g/mol. The van der Waals surface area contributed by atoms with Crippen LogP contribution >= 0.6 is 0 Å². The molecular formula is C15H39N3Si2. The zero-order valence-corrected chi connectivity index (χ0v) is 17.7. The fourth-order valence-corrected chi connectivity index (χ4v) is 16.7. The van der Waals surface area contributed by atoms with Crippen LogP contribution in [0, 0.1) is 0 Å². The molecule has 0 rings (SSSR count). The molecule has 0 atom stereocenters. The van der Waals surface area contributed by atoms with Crippen molar-refractivity contribution in [3.63, 3.8) is 0 Å². The Morgan fingerprint density at radius 2 is 0.900 bits per heavy atom. The maximum absolute atomic E-state index is 2.94. The molecule has 0 saturated carbocycles. The van der Waals surface area contributed by atoms with Gasteiger partial charge >= 0.3 is 0 Å². The average Bonchev–Trinajstić information content (AvgIpc) is 2.29. The van der Waals surface area contributed by atoms with Crippen LogP contribution in [-0.2, 0) is 0 Å². The summed E-state index contributed by atoms with van der Waals surface area (Å²) in [7, 11) is -3.14. The predicted octanol–water partition coefficient (Wildman–Crippen LogP) is 3.78. The van der Waals surface area contributed by atoms with Crippen LogP contribution in [0.5, 0.6) is 0 Å². The van der Waals surface area contributed by atoms with Gasteiger partial charge in [0.15, 0.2) is 16.8 Å². The molecule has 0 aromatic carbocycles. The first-order valence-corrected chi connectivity index (χ1v) is 14.2. The molecule has 20 heavy (non-hydrogen) atoms. The van der Waals surface area contributed by atoms with Crippen molar-refractivity contribution < 1.29 is 0 Å². The van der Waals surface area contributed by atoms with Crippen molar-refractivity contribution in [1.82, 2.24) is 13.4 Å². The van der Waals surface area contributed by atoms with Gasteiger partial charge in [0.1, 0.15) is 0 Å². The molecule has 0 N–H and O–H groups in total. The van der Waals surface area contributed by atoms with Crippen molar-refractivity contribution in [1.29, 1.82) is 0 Å². The summed E-state index contributed by atoms with van der Waals surface area (Å²) in [4.78, 5) is 0. The third kappa shape index (κ3) is 4.16. The van der Waals surface area contributed by atoms with E-state index in [9.17, 15) is 0 Å². The van der Waals surface area contributed by atoms with Crippen LogP contribution in [0.25, 0.3) is 0 Å². The van der Waals surface area contributed by atoms with E-state index in [0.29, 0.717) is 6.04 Å². The van der Waals surface area contributed by atoms with Crippen LogP contribution in [-0.4, -0.2) is 62.4 Å². The Morgan fingerprint density at radius 3 is 1.05 bits per heavy atom. The Morgan fingerprint density at radius 1 is 0.650 bits per heavy atom. The summed E-state index contributed by atoms with van der Waals surface area (Å²) in [6.07, 6.45) is 0. The molecule has 0 aliphatic rings. The van der Waals surface area contributed by atoms with Gasteiger partial charge in [-0.3, -0.25) is 0 Å². The first-order valence-electron chi connectivity index (χ1n) is 8.40. The van der Waals surface area contributed by atoms with Crippen molar-refractivity contribution in [2.24, 2.45) is 0 Å². The molecule has 122 valence electrons. The minimum Gasteiger partial charge on any atom is -0.319 e. The fraction of sp³-hybridized carbons (Fsp3) is 1.00. The number of hydrogen-bond donors (Lipinski definition) is 0. The van der Waals surface area contributed by atoms with Gasteiger partial charge in [0, 0.05) is 0 Å². The molecule has 0 unspecified atom stereocenters. The van der Waals surface area contributed by atoms with Crippen molar-refractivity contribution >= 4 is 16.8 Å². The molecule has 0 radical (unpaired) electrons. The molecule has 0 amide bonds. The highest BCUT2D eigenvalue weighted by molar-refractivity contribution is 6.88. The fourth-order valence-electron chi connectivity index (χ4n) is 4.23. The van der Waals surface area contributed by atoms with E-state index in [4.69, 9.17) is 0 Å². The zero-order chi connectivity index (χ0) is 16.1. The summed E-state index contributed by atoms with van der Waals surface area (Å²) in [6, 6.07) is 0.625. The highest BCUT2D eigenvalue weighted by Crippen LogP contribution is 2.28. The van der Waals surface area contributed by atoms with Gasteiger partial charge in [-0.25, -0.2) is 0 Å². The Kier molecular flexibility index (Phi) is 8.21. The Labute approximate surface area is 130 Å². The Hall–Kier alpha value is 0.314. The van der Waals surface area contributed by atoms with Crippen LogP contribution < -0.4 is 0 Å². The van der Waals surface area contributed by atoms with Gasteiger partial charge in [-0.15, -0.1) is 0 Å². The van der Waals surface area contributed by atoms with E-state index >= 15 is 0 Å². The second-order valence-corrected chi connectivity index (χ2v) is 15.5. The molecule has 0 aromatic heterocycles. The molecule has 5 heteroatoms. The maximum atomic E-state index is 2.94. The lowest BCUT2D eigenvalue weighted by Crippen LogP contribution is -2.76. The third-order valence-corrected chi connectivity index (χ3v) is 15.8. The topological polar surface area (TPSA) is 9.72 Å². The minimum absolute atomic E-state index is 0.625. The van der Waals surface area contributed by atoms with Crippen LogP contribution in [0.1, 0.15) is 41.5 Å². The number of nitrogens with zero attached hydrogens (tertiary/aromatic N) is 3. The molecule has 0 aliphatic heterocycles. The largest absolute Gasteiger partial charge is 0.319 e. The van der Waals surface area contributed by atoms with E-state index in [1.165, 1.54) is 26.2 Å². The van der Waals surface area contributed by atoms with Crippen molar-refractivity contribution in [2.45, 2.75) is 73.8 Å². The van der Waals surface area contributed by atoms with Crippen LogP contribution in [0.2, 0.25) is 26.2 Å². The van der Waals surface area contributed by atoms with Gasteiger partial charge < -0.3 is 13.4 Å². The van der Waals surface area contributed by atoms with Gasteiger partial charge in [0.2, 0.25) is 0 Å². The van der Waals surface area contributed by atoms with Gasteiger partial charge in [-0.2, -0.15) is 0 Å². The Bertz CT molecular complexity index is 248. The lowest BCUT2D eigenvalue weighted by molar-refractivity contribution is 0.342. The van der Waals surface area contributed by atoms with Gasteiger partial charge in [-0.05, 0) is 58.4 Å². The van der Waals surface area contributed by atoms with Gasteiger partial charge in [-0.1, -0.05) is 41.5 Å². The summed E-state index contributed by atoms with van der Waals surface area (Å²) in [6.45, 7) is 28.8. The summed E-state index contributed by atoms with van der Waals surface area (Å²) in [5.41, 5.74) is 0. The van der Waals surface area contributed by atoms with E-state index in [-0.39, 0.29) is 0 Å². The van der Waals surface area contributed by atoms with Crippen LogP contribution in [0.15, 0.2) is 0 Å². The molecule has 0 aliphatic carbocycles. The number of hydrogen-bond acceptors (Lipinski definition) is 3. The summed E-state index contributed by atoms with van der Waals surface area (Å²) in [5, 5.41) is 0. The molecule has 0 aromatic rings. The second kappa shape index (κ2) is 8.08. The maximum Gasteiger partial charge on any atom is 0.194 e. The molecule has 0 saturated heterocycles. The van der Waals surface area contributed by atoms with Gasteiger partial charge in [0.05, 0.1) is 0 Å². The first-order chi connectivity index (χ1) is 9.10. The molecule has 0 heterocycles. The van der Waals surface area contributed by atoms with E-state index in [2.05, 4.69) is 81.1 Å². The highest BCUT2D eigenvalue weighted by atomic mass is 28.4. The lowest BCUT2D eigenvalue weighted by Gasteiger charge is -2.56. The summed E-state index contributed by atoms with van der Waals surface area (Å²) < 4.78 is 8.40. The van der Waals surface area contributed by atoms with Crippen molar-refractivity contribution in [3.05, 3.63) is 0 Å². The second-order valence-electron chi connectivity index (χ2n) is 6.80. The van der Waals surface area contributed by atoms with Crippen LogP contribution in [0.3, 0.4) is 0 Å². The zero-order valence-electron chi connectivity index (χ0n) is 15.7. The van der Waals surface area contributed by atoms with E-state index in [1.54, 1.807) is 0 Å². The minimum atomic E-state index is -1.57. The Balaban J connectivity index is 5.64. The normalized spacial score (nSPS) is 14.1. The van der Waals surface area contributed by atoms with E-state index < -0.39 is 16.8 Å². The molecule has 0 spiro atoms. The van der Waals surface area contributed by atoms with Crippen molar-refractivity contribution in [2.75, 3.05) is 26.2 Å². The molecule has 0 fully saturated rings. The molecule has 3 nitrogen and oxygen atoms in total. The summed E-state index contributed by atoms with van der Waals surface area (Å²) >= 11 is 0. The average molecular weight is 318 g/mol. The van der Waals surface area contributed by atoms with Crippen LogP contribution in [0.4, 0.5) is 0 Å². The van der Waals surface area contributed by atoms with Crippen molar-refractivity contribution in [3.8, 4) is 0 Å². The molecule has 0 bridgehead atoms. The predicted molar refractivity (Wildman–Crippen MR) is 97.8 cm³/mol. The van der Waals surface area contributed by atoms with E-state index in [1.807, 2.05) is 0 Å². The SMILES string of the molecule is CCN(CC)[Si](C)(C)N(C(C)C)[Si](C)(C)N(CC)CC. The smallest absolute Gasteiger partial charge is 0.194 e. The number of rotatable bonds is 9. The third-order valence-electron chi connectivity index (χ3n) is 4.77.